The van der Waals surface area contributed by atoms with E-state index in [-0.39, 0.29) is 0 Å². The highest BCUT2D eigenvalue weighted by Crippen LogP contribution is 2.40. The average molecular weight is 617 g/mol. The fraction of sp³-hybridized carbons (Fsp3) is 0. The fourth-order valence-electron chi connectivity index (χ4n) is 6.85. The number of fused-ring (bicyclic) bond motifs is 7. The van der Waals surface area contributed by atoms with E-state index in [2.05, 4.69) is 65.6 Å². The Kier molecular flexibility index (Phi) is 5.77. The number of hydrogen-bond acceptors (Lipinski definition) is 6. The SMILES string of the molecule is c1ccc(-c2nc(-c3ccc4c(-c5cccc6oc7ccccc7c56)cccc4c3)nc(-c3cccc4oc5ncccc5c34)n2)cc1. The van der Waals surface area contributed by atoms with Gasteiger partial charge in [0.25, 0.3) is 0 Å². The van der Waals surface area contributed by atoms with Crippen LogP contribution in [0, 0.1) is 0 Å². The first-order chi connectivity index (χ1) is 23.8. The summed E-state index contributed by atoms with van der Waals surface area (Å²) in [4.78, 5) is 19.6. The Morgan fingerprint density at radius 3 is 1.96 bits per heavy atom. The number of para-hydroxylation sites is 1. The number of furan rings is 2. The van der Waals surface area contributed by atoms with Gasteiger partial charge in [0.15, 0.2) is 17.5 Å². The summed E-state index contributed by atoms with van der Waals surface area (Å²) in [6.07, 6.45) is 1.74. The van der Waals surface area contributed by atoms with Gasteiger partial charge in [-0.3, -0.25) is 0 Å². The van der Waals surface area contributed by atoms with Crippen LogP contribution in [0.25, 0.3) is 100 Å². The van der Waals surface area contributed by atoms with Crippen molar-refractivity contribution in [3.05, 3.63) is 146 Å². The van der Waals surface area contributed by atoms with Crippen molar-refractivity contribution in [1.29, 1.82) is 0 Å². The number of benzene rings is 6. The van der Waals surface area contributed by atoms with Crippen LogP contribution in [0.1, 0.15) is 0 Å². The van der Waals surface area contributed by atoms with Crippen LogP contribution in [0.4, 0.5) is 0 Å². The molecule has 0 spiro atoms. The predicted molar refractivity (Wildman–Crippen MR) is 191 cm³/mol. The minimum Gasteiger partial charge on any atom is -0.456 e. The van der Waals surface area contributed by atoms with Crippen LogP contribution >= 0.6 is 0 Å². The zero-order valence-electron chi connectivity index (χ0n) is 25.5. The molecule has 6 nitrogen and oxygen atoms in total. The van der Waals surface area contributed by atoms with Gasteiger partial charge in [-0.25, -0.2) is 19.9 Å². The summed E-state index contributed by atoms with van der Waals surface area (Å²) in [6, 6.07) is 47.3. The lowest BCUT2D eigenvalue weighted by Crippen LogP contribution is -2.00. The third-order valence-corrected chi connectivity index (χ3v) is 9.01. The lowest BCUT2D eigenvalue weighted by atomic mass is 9.94. The summed E-state index contributed by atoms with van der Waals surface area (Å²) in [5, 5.41) is 6.31. The molecule has 48 heavy (non-hydrogen) atoms. The van der Waals surface area contributed by atoms with Crippen LogP contribution in [-0.4, -0.2) is 19.9 Å². The first kappa shape index (κ1) is 26.5. The molecule has 0 saturated carbocycles. The van der Waals surface area contributed by atoms with E-state index in [4.69, 9.17) is 23.8 Å². The minimum absolute atomic E-state index is 0.573. The molecule has 0 unspecified atom stereocenters. The molecule has 0 amide bonds. The number of hydrogen-bond donors (Lipinski definition) is 0. The maximum atomic E-state index is 6.21. The second kappa shape index (κ2) is 10.4. The normalized spacial score (nSPS) is 11.8. The van der Waals surface area contributed by atoms with Gasteiger partial charge in [0.05, 0.1) is 0 Å². The molecule has 10 rings (SSSR count). The second-order valence-corrected chi connectivity index (χ2v) is 11.8. The van der Waals surface area contributed by atoms with Crippen molar-refractivity contribution in [1.82, 2.24) is 19.9 Å². The lowest BCUT2D eigenvalue weighted by Gasteiger charge is -2.12. The second-order valence-electron chi connectivity index (χ2n) is 11.8. The van der Waals surface area contributed by atoms with E-state index in [1.807, 2.05) is 78.9 Å². The van der Waals surface area contributed by atoms with Crippen molar-refractivity contribution < 1.29 is 8.83 Å². The molecule has 4 aromatic heterocycles. The molecule has 0 aliphatic heterocycles. The molecule has 0 radical (unpaired) electrons. The zero-order chi connectivity index (χ0) is 31.6. The van der Waals surface area contributed by atoms with Crippen LogP contribution < -0.4 is 0 Å². The van der Waals surface area contributed by atoms with E-state index in [0.717, 1.165) is 76.9 Å². The van der Waals surface area contributed by atoms with Gasteiger partial charge in [-0.05, 0) is 58.3 Å². The molecule has 6 aromatic carbocycles. The van der Waals surface area contributed by atoms with Crippen LogP contribution in [0.15, 0.2) is 155 Å². The van der Waals surface area contributed by atoms with Gasteiger partial charge in [-0.2, -0.15) is 0 Å². The zero-order valence-corrected chi connectivity index (χ0v) is 25.5. The van der Waals surface area contributed by atoms with Crippen LogP contribution in [-0.2, 0) is 0 Å². The number of aromatic nitrogens is 4. The van der Waals surface area contributed by atoms with Crippen molar-refractivity contribution >= 4 is 54.8 Å². The lowest BCUT2D eigenvalue weighted by molar-refractivity contribution is 0.654. The van der Waals surface area contributed by atoms with Crippen molar-refractivity contribution in [2.75, 3.05) is 0 Å². The minimum atomic E-state index is 0.573. The Morgan fingerprint density at radius 2 is 1.06 bits per heavy atom. The summed E-state index contributed by atoms with van der Waals surface area (Å²) >= 11 is 0. The van der Waals surface area contributed by atoms with E-state index >= 15 is 0 Å². The molecule has 0 bridgehead atoms. The summed E-state index contributed by atoms with van der Waals surface area (Å²) in [7, 11) is 0. The van der Waals surface area contributed by atoms with Crippen molar-refractivity contribution in [2.45, 2.75) is 0 Å². The van der Waals surface area contributed by atoms with E-state index in [0.29, 0.717) is 23.2 Å². The van der Waals surface area contributed by atoms with Crippen molar-refractivity contribution in [3.8, 4) is 45.3 Å². The van der Waals surface area contributed by atoms with Gasteiger partial charge in [-0.1, -0.05) is 103 Å². The summed E-state index contributed by atoms with van der Waals surface area (Å²) in [6.45, 7) is 0. The van der Waals surface area contributed by atoms with Gasteiger partial charge in [0.1, 0.15) is 16.7 Å². The third-order valence-electron chi connectivity index (χ3n) is 9.01. The number of pyridine rings is 1. The van der Waals surface area contributed by atoms with E-state index < -0.39 is 0 Å². The molecule has 10 aromatic rings. The predicted octanol–water partition coefficient (Wildman–Crippen LogP) is 10.9. The molecule has 224 valence electrons. The first-order valence-electron chi connectivity index (χ1n) is 15.8. The van der Waals surface area contributed by atoms with Crippen molar-refractivity contribution in [2.24, 2.45) is 0 Å². The number of nitrogens with zero attached hydrogens (tertiary/aromatic N) is 4. The van der Waals surface area contributed by atoms with Gasteiger partial charge in [0.2, 0.25) is 5.71 Å². The summed E-state index contributed by atoms with van der Waals surface area (Å²) in [5.74, 6) is 1.77. The van der Waals surface area contributed by atoms with Crippen LogP contribution in [0.3, 0.4) is 0 Å². The highest BCUT2D eigenvalue weighted by atomic mass is 16.3. The van der Waals surface area contributed by atoms with Gasteiger partial charge in [0, 0.05) is 44.4 Å². The molecule has 0 N–H and O–H groups in total. The quantitative estimate of drug-likeness (QED) is 0.196. The molecule has 4 heterocycles. The monoisotopic (exact) mass is 616 g/mol. The topological polar surface area (TPSA) is 77.8 Å². The van der Waals surface area contributed by atoms with Gasteiger partial charge >= 0.3 is 0 Å². The fourth-order valence-corrected chi connectivity index (χ4v) is 6.85. The summed E-state index contributed by atoms with van der Waals surface area (Å²) < 4.78 is 12.3. The van der Waals surface area contributed by atoms with Crippen LogP contribution in [0.5, 0.6) is 0 Å². The Hall–Kier alpha value is -6.66. The first-order valence-corrected chi connectivity index (χ1v) is 15.8. The highest BCUT2D eigenvalue weighted by molar-refractivity contribution is 6.15. The van der Waals surface area contributed by atoms with Gasteiger partial charge < -0.3 is 8.83 Å². The van der Waals surface area contributed by atoms with E-state index in [1.54, 1.807) is 6.20 Å². The molecule has 6 heteroatoms. The van der Waals surface area contributed by atoms with Gasteiger partial charge in [-0.15, -0.1) is 0 Å². The van der Waals surface area contributed by atoms with Crippen molar-refractivity contribution in [3.63, 3.8) is 0 Å². The summed E-state index contributed by atoms with van der Waals surface area (Å²) in [5.41, 5.74) is 8.05. The van der Waals surface area contributed by atoms with E-state index in [9.17, 15) is 0 Å². The standard InChI is InChI=1S/C42H24N4O2/c1-2-10-25(11-3-1)39-44-40(46-41(45-39)32-16-8-20-36-38(32)33-17-9-23-43-42(33)48-36)27-21-22-28-26(24-27)12-6-14-29(28)30-15-7-19-35-37(30)31-13-4-5-18-34(31)47-35/h1-24H. The van der Waals surface area contributed by atoms with E-state index in [1.165, 1.54) is 0 Å². The molecular formula is C42H24N4O2. The molecule has 0 aliphatic rings. The maximum Gasteiger partial charge on any atom is 0.227 e. The maximum absolute atomic E-state index is 6.21. The highest BCUT2D eigenvalue weighted by Gasteiger charge is 2.19. The third kappa shape index (κ3) is 4.13. The number of rotatable bonds is 4. The Balaban J connectivity index is 1.17. The molecule has 0 saturated heterocycles. The molecular weight excluding hydrogens is 592 g/mol. The molecule has 0 atom stereocenters. The smallest absolute Gasteiger partial charge is 0.227 e. The van der Waals surface area contributed by atoms with Crippen LogP contribution in [0.2, 0.25) is 0 Å². The molecule has 0 aliphatic carbocycles. The Bertz CT molecular complexity index is 2850. The molecule has 0 fully saturated rings. The Morgan fingerprint density at radius 1 is 0.396 bits per heavy atom. The average Bonchev–Trinajstić information content (AvgIpc) is 3.73. The largest absolute Gasteiger partial charge is 0.456 e. The Labute approximate surface area is 274 Å².